The zero-order valence-electron chi connectivity index (χ0n) is 9.49. The maximum Gasteiger partial charge on any atom is 0.164 e. The quantitative estimate of drug-likeness (QED) is 0.747. The van der Waals surface area contributed by atoms with Gasteiger partial charge in [0, 0.05) is 23.5 Å². The number of fused-ring (bicyclic) bond motifs is 1. The van der Waals surface area contributed by atoms with Crippen LogP contribution in [0.1, 0.15) is 33.8 Å². The van der Waals surface area contributed by atoms with Crippen LogP contribution in [0.3, 0.4) is 0 Å². The van der Waals surface area contributed by atoms with Crippen LogP contribution in [0.5, 0.6) is 0 Å². The van der Waals surface area contributed by atoms with E-state index in [-0.39, 0.29) is 17.8 Å². The predicted molar refractivity (Wildman–Crippen MR) is 63.6 cm³/mol. The highest BCUT2D eigenvalue weighted by atomic mass is 19.1. The predicted octanol–water partition coefficient (Wildman–Crippen LogP) is 3.68. The van der Waals surface area contributed by atoms with Crippen molar-refractivity contribution in [1.29, 1.82) is 0 Å². The monoisotopic (exact) mass is 244 g/mol. The van der Waals surface area contributed by atoms with Crippen LogP contribution >= 0.6 is 0 Å². The Morgan fingerprint density at radius 2 is 1.61 bits per heavy atom. The van der Waals surface area contributed by atoms with Crippen LogP contribution in [0, 0.1) is 11.6 Å². The number of hydrogen-bond donors (Lipinski definition) is 0. The van der Waals surface area contributed by atoms with Crippen molar-refractivity contribution in [1.82, 2.24) is 0 Å². The SMILES string of the molecule is O=C1CC(c2c(F)cccc2F)c2ccccc21. The van der Waals surface area contributed by atoms with Crippen LogP contribution in [-0.2, 0) is 0 Å². The van der Waals surface area contributed by atoms with Gasteiger partial charge < -0.3 is 0 Å². The van der Waals surface area contributed by atoms with Crippen LogP contribution in [0.2, 0.25) is 0 Å². The zero-order chi connectivity index (χ0) is 12.7. The van der Waals surface area contributed by atoms with Gasteiger partial charge in [-0.05, 0) is 17.7 Å². The Labute approximate surface area is 103 Å². The second-order valence-electron chi connectivity index (χ2n) is 4.40. The van der Waals surface area contributed by atoms with Crippen molar-refractivity contribution in [2.24, 2.45) is 0 Å². The van der Waals surface area contributed by atoms with E-state index in [0.29, 0.717) is 11.1 Å². The van der Waals surface area contributed by atoms with Crippen molar-refractivity contribution in [2.45, 2.75) is 12.3 Å². The van der Waals surface area contributed by atoms with Crippen molar-refractivity contribution < 1.29 is 13.6 Å². The molecular weight excluding hydrogens is 234 g/mol. The molecule has 1 aliphatic carbocycles. The van der Waals surface area contributed by atoms with E-state index in [1.54, 1.807) is 24.3 Å². The summed E-state index contributed by atoms with van der Waals surface area (Å²) in [4.78, 5) is 11.8. The van der Waals surface area contributed by atoms with Crippen molar-refractivity contribution in [2.75, 3.05) is 0 Å². The molecule has 2 aromatic carbocycles. The summed E-state index contributed by atoms with van der Waals surface area (Å²) >= 11 is 0. The molecule has 1 nitrogen and oxygen atoms in total. The van der Waals surface area contributed by atoms with Gasteiger partial charge in [-0.15, -0.1) is 0 Å². The number of Topliss-reactive ketones (excluding diaryl/α,β-unsaturated/α-hetero) is 1. The second-order valence-corrected chi connectivity index (χ2v) is 4.40. The molecule has 0 spiro atoms. The second kappa shape index (κ2) is 4.02. The standard InChI is InChI=1S/C15H10F2O/c16-12-6-3-7-13(17)15(12)11-8-14(18)10-5-2-1-4-9(10)11/h1-7,11H,8H2. The fourth-order valence-corrected chi connectivity index (χ4v) is 2.56. The highest BCUT2D eigenvalue weighted by molar-refractivity contribution is 6.01. The molecular formula is C15H10F2O. The Hall–Kier alpha value is -2.03. The summed E-state index contributed by atoms with van der Waals surface area (Å²) in [7, 11) is 0. The Kier molecular flexibility index (Phi) is 2.47. The van der Waals surface area contributed by atoms with Crippen LogP contribution in [0.4, 0.5) is 8.78 Å². The molecule has 0 aliphatic heterocycles. The molecule has 18 heavy (non-hydrogen) atoms. The Bertz CT molecular complexity index is 614. The fourth-order valence-electron chi connectivity index (χ4n) is 2.56. The third kappa shape index (κ3) is 1.55. The lowest BCUT2D eigenvalue weighted by atomic mass is 9.92. The normalized spacial score (nSPS) is 17.9. The van der Waals surface area contributed by atoms with Gasteiger partial charge in [-0.25, -0.2) is 8.78 Å². The molecule has 0 aromatic heterocycles. The molecule has 2 aromatic rings. The third-order valence-electron chi connectivity index (χ3n) is 3.37. The summed E-state index contributed by atoms with van der Waals surface area (Å²) in [6, 6.07) is 10.8. The van der Waals surface area contributed by atoms with Crippen molar-refractivity contribution in [3.8, 4) is 0 Å². The van der Waals surface area contributed by atoms with E-state index in [1.807, 2.05) is 0 Å². The van der Waals surface area contributed by atoms with E-state index in [9.17, 15) is 13.6 Å². The van der Waals surface area contributed by atoms with Gasteiger partial charge in [0.05, 0.1) is 0 Å². The largest absolute Gasteiger partial charge is 0.294 e. The molecule has 0 bridgehead atoms. The molecule has 0 heterocycles. The number of carbonyl (C=O) groups is 1. The summed E-state index contributed by atoms with van der Waals surface area (Å²) in [6.45, 7) is 0. The fraction of sp³-hybridized carbons (Fsp3) is 0.133. The first-order valence-electron chi connectivity index (χ1n) is 5.74. The summed E-state index contributed by atoms with van der Waals surface area (Å²) < 4.78 is 27.5. The number of rotatable bonds is 1. The molecule has 1 atom stereocenters. The van der Waals surface area contributed by atoms with E-state index in [0.717, 1.165) is 0 Å². The van der Waals surface area contributed by atoms with Crippen molar-refractivity contribution >= 4 is 5.78 Å². The lowest BCUT2D eigenvalue weighted by Gasteiger charge is -2.13. The van der Waals surface area contributed by atoms with Crippen LogP contribution < -0.4 is 0 Å². The average Bonchev–Trinajstić information content (AvgIpc) is 2.68. The number of carbonyl (C=O) groups excluding carboxylic acids is 1. The summed E-state index contributed by atoms with van der Waals surface area (Å²) in [5, 5.41) is 0. The van der Waals surface area contributed by atoms with Gasteiger partial charge in [0.15, 0.2) is 5.78 Å². The van der Waals surface area contributed by atoms with Gasteiger partial charge in [-0.2, -0.15) is 0 Å². The summed E-state index contributed by atoms with van der Waals surface area (Å²) in [5.74, 6) is -1.75. The lowest BCUT2D eigenvalue weighted by molar-refractivity contribution is 0.0991. The molecule has 1 aliphatic rings. The molecule has 3 heteroatoms. The molecule has 0 radical (unpaired) electrons. The minimum atomic E-state index is -0.593. The van der Waals surface area contributed by atoms with Crippen molar-refractivity contribution in [3.63, 3.8) is 0 Å². The highest BCUT2D eigenvalue weighted by Gasteiger charge is 2.33. The van der Waals surface area contributed by atoms with Gasteiger partial charge >= 0.3 is 0 Å². The molecule has 0 N–H and O–H groups in total. The van der Waals surface area contributed by atoms with Gasteiger partial charge in [-0.1, -0.05) is 30.3 Å². The molecule has 0 fully saturated rings. The molecule has 0 saturated carbocycles. The van der Waals surface area contributed by atoms with Crippen LogP contribution in [0.25, 0.3) is 0 Å². The molecule has 3 rings (SSSR count). The number of halogens is 2. The molecule has 0 amide bonds. The summed E-state index contributed by atoms with van der Waals surface area (Å²) in [5.41, 5.74) is 1.28. The van der Waals surface area contributed by atoms with Gasteiger partial charge in [-0.3, -0.25) is 4.79 Å². The highest BCUT2D eigenvalue weighted by Crippen LogP contribution is 2.39. The van der Waals surface area contributed by atoms with E-state index in [2.05, 4.69) is 0 Å². The average molecular weight is 244 g/mol. The number of ketones is 1. The Morgan fingerprint density at radius 1 is 0.944 bits per heavy atom. The van der Waals surface area contributed by atoms with E-state index in [4.69, 9.17) is 0 Å². The topological polar surface area (TPSA) is 17.1 Å². The first-order valence-corrected chi connectivity index (χ1v) is 5.74. The first-order chi connectivity index (χ1) is 8.68. The lowest BCUT2D eigenvalue weighted by Crippen LogP contribution is -2.03. The first kappa shape index (κ1) is 11.1. The maximum absolute atomic E-state index is 13.8. The minimum Gasteiger partial charge on any atom is -0.294 e. The van der Waals surface area contributed by atoms with Crippen molar-refractivity contribution in [3.05, 3.63) is 70.8 Å². The van der Waals surface area contributed by atoms with Crippen LogP contribution in [0.15, 0.2) is 42.5 Å². The molecule has 0 saturated heterocycles. The minimum absolute atomic E-state index is 0.00389. The van der Waals surface area contributed by atoms with Gasteiger partial charge in [0.25, 0.3) is 0 Å². The van der Waals surface area contributed by atoms with Gasteiger partial charge in [0.1, 0.15) is 11.6 Å². The summed E-state index contributed by atoms with van der Waals surface area (Å²) in [6.07, 6.45) is 0.136. The number of benzene rings is 2. The zero-order valence-corrected chi connectivity index (χ0v) is 9.49. The third-order valence-corrected chi connectivity index (χ3v) is 3.37. The molecule has 90 valence electrons. The number of hydrogen-bond acceptors (Lipinski definition) is 1. The molecule has 1 unspecified atom stereocenters. The van der Waals surface area contributed by atoms with Gasteiger partial charge in [0.2, 0.25) is 0 Å². The van der Waals surface area contributed by atoms with Crippen LogP contribution in [-0.4, -0.2) is 5.78 Å². The Morgan fingerprint density at radius 3 is 2.33 bits per heavy atom. The maximum atomic E-state index is 13.8. The smallest absolute Gasteiger partial charge is 0.164 e. The van der Waals surface area contributed by atoms with E-state index >= 15 is 0 Å². The van der Waals surface area contributed by atoms with E-state index in [1.165, 1.54) is 18.2 Å². The Balaban J connectivity index is 2.18. The van der Waals surface area contributed by atoms with E-state index < -0.39 is 17.6 Å².